The molecule has 0 atom stereocenters. The van der Waals surface area contributed by atoms with E-state index in [2.05, 4.69) is 12.1 Å². The molecule has 3 rings (SSSR count). The van der Waals surface area contributed by atoms with Crippen LogP contribution < -0.4 is 5.73 Å². The highest BCUT2D eigenvalue weighted by Gasteiger charge is 2.23. The molecule has 0 aliphatic heterocycles. The van der Waals surface area contributed by atoms with E-state index in [0.717, 1.165) is 33.8 Å². The van der Waals surface area contributed by atoms with E-state index in [1.54, 1.807) is 0 Å². The van der Waals surface area contributed by atoms with Crippen LogP contribution in [0.25, 0.3) is 22.5 Å². The minimum absolute atomic E-state index is 0.395. The number of rotatable bonds is 2. The number of benzene rings is 1. The predicted molar refractivity (Wildman–Crippen MR) is 83.0 cm³/mol. The van der Waals surface area contributed by atoms with Crippen LogP contribution in [0.1, 0.15) is 22.6 Å². The van der Waals surface area contributed by atoms with Crippen LogP contribution in [0.4, 0.5) is 5.82 Å². The summed E-state index contributed by atoms with van der Waals surface area (Å²) in [5.74, 6) is 2.76. The monoisotopic (exact) mass is 282 g/mol. The van der Waals surface area contributed by atoms with Crippen molar-refractivity contribution in [3.05, 3.63) is 46.9 Å². The van der Waals surface area contributed by atoms with E-state index in [1.165, 1.54) is 5.56 Å². The Hall–Kier alpha value is -2.49. The molecule has 2 aromatic heterocycles. The molecule has 4 heteroatoms. The average molecular weight is 282 g/mol. The van der Waals surface area contributed by atoms with E-state index in [0.29, 0.717) is 11.6 Å². The zero-order valence-electron chi connectivity index (χ0n) is 12.7. The summed E-state index contributed by atoms with van der Waals surface area (Å²) in [7, 11) is 0. The van der Waals surface area contributed by atoms with Gasteiger partial charge in [-0.2, -0.15) is 0 Å². The molecular weight excluding hydrogens is 264 g/mol. The number of nitrogens with zero attached hydrogens (tertiary/aromatic N) is 1. The van der Waals surface area contributed by atoms with Gasteiger partial charge in [0.2, 0.25) is 0 Å². The molecule has 1 aromatic carbocycles. The summed E-state index contributed by atoms with van der Waals surface area (Å²) in [4.78, 5) is 0. The van der Waals surface area contributed by atoms with E-state index >= 15 is 0 Å². The van der Waals surface area contributed by atoms with Crippen LogP contribution in [0.15, 0.2) is 33.2 Å². The third kappa shape index (κ3) is 2.13. The number of anilines is 1. The number of nitrogen functional groups attached to an aromatic ring is 1. The van der Waals surface area contributed by atoms with Crippen molar-refractivity contribution in [1.82, 2.24) is 5.16 Å². The Bertz CT molecular complexity index is 795. The van der Waals surface area contributed by atoms with Crippen LogP contribution in [-0.4, -0.2) is 5.16 Å². The van der Waals surface area contributed by atoms with Gasteiger partial charge in [0.25, 0.3) is 0 Å². The van der Waals surface area contributed by atoms with Crippen LogP contribution in [0.5, 0.6) is 0 Å². The first-order valence-electron chi connectivity index (χ1n) is 6.88. The van der Waals surface area contributed by atoms with Gasteiger partial charge in [-0.05, 0) is 33.3 Å². The number of hydrogen-bond donors (Lipinski definition) is 1. The fourth-order valence-electron chi connectivity index (χ4n) is 2.60. The molecule has 2 N–H and O–H groups in total. The minimum atomic E-state index is 0.395. The van der Waals surface area contributed by atoms with E-state index in [1.807, 2.05) is 45.0 Å². The van der Waals surface area contributed by atoms with Crippen molar-refractivity contribution < 1.29 is 8.94 Å². The van der Waals surface area contributed by atoms with Crippen LogP contribution in [0.2, 0.25) is 0 Å². The van der Waals surface area contributed by atoms with E-state index in [4.69, 9.17) is 14.7 Å². The summed E-state index contributed by atoms with van der Waals surface area (Å²) in [5.41, 5.74) is 11.0. The lowest BCUT2D eigenvalue weighted by Crippen LogP contribution is -1.90. The fraction of sp³-hybridized carbons (Fsp3) is 0.235. The Balaban J connectivity index is 2.24. The normalized spacial score (nSPS) is 11.0. The zero-order chi connectivity index (χ0) is 15.1. The Morgan fingerprint density at radius 2 is 1.57 bits per heavy atom. The van der Waals surface area contributed by atoms with Gasteiger partial charge in [0.15, 0.2) is 11.6 Å². The molecule has 2 heterocycles. The molecule has 0 saturated heterocycles. The molecule has 21 heavy (non-hydrogen) atoms. The van der Waals surface area contributed by atoms with Crippen molar-refractivity contribution >= 4 is 5.82 Å². The average Bonchev–Trinajstić information content (AvgIpc) is 2.92. The van der Waals surface area contributed by atoms with Crippen molar-refractivity contribution in [2.24, 2.45) is 0 Å². The SMILES string of the molecule is Cc1ccc(-c2c(N)noc2-c2c(C)oc(C)c2C)cc1. The number of aryl methyl sites for hydroxylation is 3. The summed E-state index contributed by atoms with van der Waals surface area (Å²) in [5, 5.41) is 3.94. The lowest BCUT2D eigenvalue weighted by Gasteiger charge is -2.03. The van der Waals surface area contributed by atoms with E-state index in [9.17, 15) is 0 Å². The summed E-state index contributed by atoms with van der Waals surface area (Å²) in [6.45, 7) is 7.93. The van der Waals surface area contributed by atoms with Crippen LogP contribution in [-0.2, 0) is 0 Å². The van der Waals surface area contributed by atoms with Crippen molar-refractivity contribution in [3.63, 3.8) is 0 Å². The second kappa shape index (κ2) is 4.81. The molecule has 3 aromatic rings. The standard InChI is InChI=1S/C17H18N2O2/c1-9-5-7-13(8-6-9)15-16(21-19-17(15)18)14-10(2)11(3)20-12(14)4/h5-8H,1-4H3,(H2,18,19). The largest absolute Gasteiger partial charge is 0.466 e. The third-order valence-electron chi connectivity index (χ3n) is 3.85. The molecule has 108 valence electrons. The van der Waals surface area contributed by atoms with Gasteiger partial charge in [-0.15, -0.1) is 0 Å². The Labute approximate surface area is 123 Å². The summed E-state index contributed by atoms with van der Waals surface area (Å²) >= 11 is 0. The number of nitrogens with two attached hydrogens (primary N) is 1. The molecular formula is C17H18N2O2. The van der Waals surface area contributed by atoms with E-state index in [-0.39, 0.29) is 0 Å². The quantitative estimate of drug-likeness (QED) is 0.755. The van der Waals surface area contributed by atoms with Gasteiger partial charge in [0.05, 0.1) is 11.1 Å². The molecule has 0 amide bonds. The Morgan fingerprint density at radius 1 is 0.905 bits per heavy atom. The minimum Gasteiger partial charge on any atom is -0.466 e. The van der Waals surface area contributed by atoms with Gasteiger partial charge in [-0.1, -0.05) is 35.0 Å². The van der Waals surface area contributed by atoms with Crippen molar-refractivity contribution in [3.8, 4) is 22.5 Å². The molecule has 0 spiro atoms. The molecule has 0 radical (unpaired) electrons. The topological polar surface area (TPSA) is 65.2 Å². The fourth-order valence-corrected chi connectivity index (χ4v) is 2.60. The van der Waals surface area contributed by atoms with Gasteiger partial charge in [0, 0.05) is 5.56 Å². The first kappa shape index (κ1) is 13.5. The highest BCUT2D eigenvalue weighted by atomic mass is 16.5. The summed E-state index contributed by atoms with van der Waals surface area (Å²) in [6.07, 6.45) is 0. The van der Waals surface area contributed by atoms with Crippen LogP contribution in [0, 0.1) is 27.7 Å². The summed E-state index contributed by atoms with van der Waals surface area (Å²) < 4.78 is 11.2. The molecule has 0 saturated carbocycles. The van der Waals surface area contributed by atoms with Gasteiger partial charge in [0.1, 0.15) is 11.5 Å². The molecule has 0 bridgehead atoms. The molecule has 0 fully saturated rings. The first-order chi connectivity index (χ1) is 9.99. The molecule has 0 unspecified atom stereocenters. The summed E-state index contributed by atoms with van der Waals surface area (Å²) in [6, 6.07) is 8.15. The Kier molecular flexibility index (Phi) is 3.09. The maximum Gasteiger partial charge on any atom is 0.180 e. The smallest absolute Gasteiger partial charge is 0.180 e. The highest BCUT2D eigenvalue weighted by molar-refractivity contribution is 5.88. The van der Waals surface area contributed by atoms with Crippen molar-refractivity contribution in [1.29, 1.82) is 0 Å². The molecule has 0 aliphatic carbocycles. The van der Waals surface area contributed by atoms with Gasteiger partial charge in [-0.3, -0.25) is 0 Å². The maximum atomic E-state index is 6.02. The van der Waals surface area contributed by atoms with Gasteiger partial charge in [-0.25, -0.2) is 0 Å². The lowest BCUT2D eigenvalue weighted by atomic mass is 9.98. The number of hydrogen-bond acceptors (Lipinski definition) is 4. The second-order valence-corrected chi connectivity index (χ2v) is 5.35. The lowest BCUT2D eigenvalue weighted by molar-refractivity contribution is 0.434. The van der Waals surface area contributed by atoms with Gasteiger partial charge >= 0.3 is 0 Å². The zero-order valence-corrected chi connectivity index (χ0v) is 12.7. The molecule has 0 aliphatic rings. The van der Waals surface area contributed by atoms with Crippen LogP contribution >= 0.6 is 0 Å². The highest BCUT2D eigenvalue weighted by Crippen LogP contribution is 2.41. The third-order valence-corrected chi connectivity index (χ3v) is 3.85. The molecule has 4 nitrogen and oxygen atoms in total. The van der Waals surface area contributed by atoms with E-state index < -0.39 is 0 Å². The second-order valence-electron chi connectivity index (χ2n) is 5.35. The van der Waals surface area contributed by atoms with Crippen molar-refractivity contribution in [2.45, 2.75) is 27.7 Å². The predicted octanol–water partition coefficient (Wildman–Crippen LogP) is 4.42. The van der Waals surface area contributed by atoms with Gasteiger partial charge < -0.3 is 14.7 Å². The first-order valence-corrected chi connectivity index (χ1v) is 6.88. The van der Waals surface area contributed by atoms with Crippen molar-refractivity contribution in [2.75, 3.05) is 5.73 Å². The number of furan rings is 1. The number of aromatic nitrogens is 1. The van der Waals surface area contributed by atoms with Crippen LogP contribution in [0.3, 0.4) is 0 Å². The Morgan fingerprint density at radius 3 is 2.14 bits per heavy atom. The maximum absolute atomic E-state index is 6.02.